The lowest BCUT2D eigenvalue weighted by molar-refractivity contribution is -0.143. The van der Waals surface area contributed by atoms with Crippen molar-refractivity contribution in [1.29, 1.82) is 0 Å². The van der Waals surface area contributed by atoms with E-state index in [0.717, 1.165) is 0 Å². The molecule has 19 heavy (non-hydrogen) atoms. The number of nitrogens with one attached hydrogen (secondary N) is 1. The van der Waals surface area contributed by atoms with E-state index in [1.54, 1.807) is 0 Å². The molecule has 104 valence electrons. The lowest BCUT2D eigenvalue weighted by atomic mass is 9.98. The van der Waals surface area contributed by atoms with E-state index in [0.29, 0.717) is 19.7 Å². The van der Waals surface area contributed by atoms with Crippen molar-refractivity contribution in [1.82, 2.24) is 10.2 Å². The number of hydrogen-bond acceptors (Lipinski definition) is 3. The summed E-state index contributed by atoms with van der Waals surface area (Å²) >= 11 is 0. The van der Waals surface area contributed by atoms with E-state index >= 15 is 0 Å². The van der Waals surface area contributed by atoms with Crippen molar-refractivity contribution in [3.63, 3.8) is 0 Å². The van der Waals surface area contributed by atoms with Gasteiger partial charge in [0.1, 0.15) is 6.61 Å². The van der Waals surface area contributed by atoms with Crippen molar-refractivity contribution in [2.75, 3.05) is 33.4 Å². The van der Waals surface area contributed by atoms with E-state index in [4.69, 9.17) is 4.74 Å². The fraction of sp³-hybridized carbons (Fsp3) is 0.533. The molecule has 0 bridgehead atoms. The van der Waals surface area contributed by atoms with Crippen LogP contribution in [-0.4, -0.2) is 44.2 Å². The first-order valence-corrected chi connectivity index (χ1v) is 6.71. The van der Waals surface area contributed by atoms with Crippen molar-refractivity contribution >= 4 is 5.91 Å². The molecule has 1 aliphatic heterocycles. The van der Waals surface area contributed by atoms with E-state index in [-0.39, 0.29) is 18.6 Å². The Balaban J connectivity index is 2.13. The van der Waals surface area contributed by atoms with Gasteiger partial charge in [-0.05, 0) is 32.0 Å². The molecule has 2 rings (SSSR count). The third-order valence-corrected chi connectivity index (χ3v) is 3.64. The van der Waals surface area contributed by atoms with Gasteiger partial charge in [-0.3, -0.25) is 4.79 Å². The standard InChI is InChI=1S/C15H22N2O2/c1-11-4-5-13(12(2)8-11)14(16-3)9-17-6-7-19-10-15(17)18/h4-5,8,14,16H,6-7,9-10H2,1-3H3. The van der Waals surface area contributed by atoms with E-state index < -0.39 is 0 Å². The predicted octanol–water partition coefficient (Wildman–Crippen LogP) is 1.42. The summed E-state index contributed by atoms with van der Waals surface area (Å²) < 4.78 is 5.16. The summed E-state index contributed by atoms with van der Waals surface area (Å²) in [5.41, 5.74) is 3.78. The maximum Gasteiger partial charge on any atom is 0.248 e. The van der Waals surface area contributed by atoms with Gasteiger partial charge >= 0.3 is 0 Å². The summed E-state index contributed by atoms with van der Waals surface area (Å²) in [7, 11) is 1.94. The highest BCUT2D eigenvalue weighted by Crippen LogP contribution is 2.20. The fourth-order valence-corrected chi connectivity index (χ4v) is 2.53. The van der Waals surface area contributed by atoms with Gasteiger partial charge in [0.15, 0.2) is 0 Å². The van der Waals surface area contributed by atoms with Gasteiger partial charge in [-0.15, -0.1) is 0 Å². The number of likely N-dealkylation sites (N-methyl/N-ethyl adjacent to an activating group) is 1. The molecular weight excluding hydrogens is 240 g/mol. The maximum absolute atomic E-state index is 11.8. The third-order valence-electron chi connectivity index (χ3n) is 3.64. The quantitative estimate of drug-likeness (QED) is 0.892. The van der Waals surface area contributed by atoms with Crippen LogP contribution >= 0.6 is 0 Å². The van der Waals surface area contributed by atoms with Crippen LogP contribution in [-0.2, 0) is 9.53 Å². The zero-order chi connectivity index (χ0) is 13.8. The first-order valence-electron chi connectivity index (χ1n) is 6.71. The number of carbonyl (C=O) groups is 1. The zero-order valence-corrected chi connectivity index (χ0v) is 11.9. The van der Waals surface area contributed by atoms with Crippen LogP contribution in [0.4, 0.5) is 0 Å². The lowest BCUT2D eigenvalue weighted by Crippen LogP contribution is -2.45. The molecule has 0 aromatic heterocycles. The number of rotatable bonds is 4. The first kappa shape index (κ1) is 14.0. The summed E-state index contributed by atoms with van der Waals surface area (Å²) in [6.45, 7) is 6.44. The molecule has 0 radical (unpaired) electrons. The molecule has 1 aromatic carbocycles. The van der Waals surface area contributed by atoms with E-state index in [1.807, 2.05) is 11.9 Å². The second-order valence-electron chi connectivity index (χ2n) is 5.09. The molecule has 1 aromatic rings. The number of aryl methyl sites for hydroxylation is 2. The number of amides is 1. The smallest absolute Gasteiger partial charge is 0.248 e. The molecule has 1 fully saturated rings. The second-order valence-corrected chi connectivity index (χ2v) is 5.09. The van der Waals surface area contributed by atoms with Crippen LogP contribution in [0, 0.1) is 13.8 Å². The molecule has 1 saturated heterocycles. The van der Waals surface area contributed by atoms with Crippen molar-refractivity contribution in [3.8, 4) is 0 Å². The number of carbonyl (C=O) groups excluding carboxylic acids is 1. The van der Waals surface area contributed by atoms with Gasteiger partial charge in [-0.25, -0.2) is 0 Å². The minimum absolute atomic E-state index is 0.0799. The molecule has 4 heteroatoms. The summed E-state index contributed by atoms with van der Waals surface area (Å²) in [5, 5.41) is 3.31. The topological polar surface area (TPSA) is 41.6 Å². The van der Waals surface area contributed by atoms with Gasteiger partial charge in [0, 0.05) is 19.1 Å². The largest absolute Gasteiger partial charge is 0.370 e. The molecular formula is C15H22N2O2. The molecule has 1 unspecified atom stereocenters. The Morgan fingerprint density at radius 2 is 2.21 bits per heavy atom. The van der Waals surface area contributed by atoms with Crippen LogP contribution in [0.3, 0.4) is 0 Å². The summed E-state index contributed by atoms with van der Waals surface area (Å²) in [6, 6.07) is 6.62. The SMILES string of the molecule is CNC(CN1CCOCC1=O)c1ccc(C)cc1C. The van der Waals surface area contributed by atoms with Gasteiger partial charge in [0.25, 0.3) is 0 Å². The number of benzene rings is 1. The average Bonchev–Trinajstić information content (AvgIpc) is 2.39. The van der Waals surface area contributed by atoms with Gasteiger partial charge < -0.3 is 15.0 Å². The van der Waals surface area contributed by atoms with Crippen molar-refractivity contribution in [3.05, 3.63) is 34.9 Å². The molecule has 0 saturated carbocycles. The molecule has 4 nitrogen and oxygen atoms in total. The van der Waals surface area contributed by atoms with Gasteiger partial charge in [-0.1, -0.05) is 23.8 Å². The summed E-state index contributed by atoms with van der Waals surface area (Å²) in [4.78, 5) is 13.7. The first-order chi connectivity index (χ1) is 9.11. The Morgan fingerprint density at radius 1 is 1.42 bits per heavy atom. The van der Waals surface area contributed by atoms with Gasteiger partial charge in [-0.2, -0.15) is 0 Å². The normalized spacial score (nSPS) is 17.6. The lowest BCUT2D eigenvalue weighted by Gasteiger charge is -2.31. The van der Waals surface area contributed by atoms with Crippen LogP contribution in [0.1, 0.15) is 22.7 Å². The van der Waals surface area contributed by atoms with E-state index in [9.17, 15) is 4.79 Å². The minimum Gasteiger partial charge on any atom is -0.370 e. The molecule has 1 amide bonds. The molecule has 0 spiro atoms. The number of ether oxygens (including phenoxy) is 1. The Labute approximate surface area is 114 Å². The maximum atomic E-state index is 11.8. The Morgan fingerprint density at radius 3 is 2.84 bits per heavy atom. The highest BCUT2D eigenvalue weighted by atomic mass is 16.5. The third kappa shape index (κ3) is 3.33. The van der Waals surface area contributed by atoms with Crippen LogP contribution in [0.2, 0.25) is 0 Å². The van der Waals surface area contributed by atoms with Crippen LogP contribution in [0.15, 0.2) is 18.2 Å². The minimum atomic E-state index is 0.0799. The van der Waals surface area contributed by atoms with Crippen molar-refractivity contribution in [2.24, 2.45) is 0 Å². The summed E-state index contributed by atoms with van der Waals surface area (Å²) in [5.74, 6) is 0.0799. The number of nitrogens with zero attached hydrogens (tertiary/aromatic N) is 1. The fourth-order valence-electron chi connectivity index (χ4n) is 2.53. The molecule has 0 aliphatic carbocycles. The van der Waals surface area contributed by atoms with E-state index in [1.165, 1.54) is 16.7 Å². The van der Waals surface area contributed by atoms with Gasteiger partial charge in [0.05, 0.1) is 6.61 Å². The monoisotopic (exact) mass is 262 g/mol. The molecule has 1 N–H and O–H groups in total. The Hall–Kier alpha value is -1.39. The predicted molar refractivity (Wildman–Crippen MR) is 75.1 cm³/mol. The second kappa shape index (κ2) is 6.17. The number of morpholine rings is 1. The van der Waals surface area contributed by atoms with Crippen LogP contribution in [0.25, 0.3) is 0 Å². The van der Waals surface area contributed by atoms with Crippen molar-refractivity contribution in [2.45, 2.75) is 19.9 Å². The highest BCUT2D eigenvalue weighted by Gasteiger charge is 2.23. The molecule has 1 aliphatic rings. The Bertz CT molecular complexity index is 459. The zero-order valence-electron chi connectivity index (χ0n) is 11.9. The van der Waals surface area contributed by atoms with Gasteiger partial charge in [0.2, 0.25) is 5.91 Å². The highest BCUT2D eigenvalue weighted by molar-refractivity contribution is 5.78. The molecule has 1 heterocycles. The van der Waals surface area contributed by atoms with Crippen LogP contribution < -0.4 is 5.32 Å². The van der Waals surface area contributed by atoms with Crippen molar-refractivity contribution < 1.29 is 9.53 Å². The number of hydrogen-bond donors (Lipinski definition) is 1. The van der Waals surface area contributed by atoms with Crippen LogP contribution in [0.5, 0.6) is 0 Å². The van der Waals surface area contributed by atoms with E-state index in [2.05, 4.69) is 37.4 Å². The molecule has 1 atom stereocenters. The summed E-state index contributed by atoms with van der Waals surface area (Å²) in [6.07, 6.45) is 0. The Kier molecular flexibility index (Phi) is 4.56. The average molecular weight is 262 g/mol.